The van der Waals surface area contributed by atoms with Gasteiger partial charge in [0.1, 0.15) is 17.9 Å². The van der Waals surface area contributed by atoms with E-state index < -0.39 is 11.6 Å². The van der Waals surface area contributed by atoms with E-state index in [1.165, 1.54) is 6.07 Å². The highest BCUT2D eigenvalue weighted by Gasteiger charge is 2.11. The molecule has 0 unspecified atom stereocenters. The van der Waals surface area contributed by atoms with Gasteiger partial charge in [0, 0.05) is 17.0 Å². The molecule has 0 bridgehead atoms. The smallest absolute Gasteiger partial charge is 0.338 e. The lowest BCUT2D eigenvalue weighted by atomic mass is 10.1. The van der Waals surface area contributed by atoms with Gasteiger partial charge in [-0.15, -0.1) is 0 Å². The lowest BCUT2D eigenvalue weighted by Crippen LogP contribution is -2.08. The summed E-state index contributed by atoms with van der Waals surface area (Å²) in [4.78, 5) is 23.9. The Morgan fingerprint density at radius 3 is 2.52 bits per heavy atom. The molecule has 0 aliphatic carbocycles. The summed E-state index contributed by atoms with van der Waals surface area (Å²) in [6.45, 7) is 2.03. The van der Waals surface area contributed by atoms with E-state index >= 15 is 0 Å². The van der Waals surface area contributed by atoms with Crippen molar-refractivity contribution in [3.8, 4) is 5.75 Å². The van der Waals surface area contributed by atoms with Gasteiger partial charge < -0.3 is 13.9 Å². The van der Waals surface area contributed by atoms with Crippen LogP contribution in [0.5, 0.6) is 5.75 Å². The van der Waals surface area contributed by atoms with Gasteiger partial charge in [-0.2, -0.15) is 0 Å². The average Bonchev–Trinajstić information content (AvgIpc) is 2.65. The third-order valence-corrected chi connectivity index (χ3v) is 3.99. The predicted octanol–water partition coefficient (Wildman–Crippen LogP) is 3.72. The summed E-state index contributed by atoms with van der Waals surface area (Å²) in [5.74, 6) is 0.198. The standard InChI is InChI=1S/C20H18O5/c1-3-13-4-9-17-15(11-19(21)25-18(17)10-13)12-24-20(22)14-5-7-16(23-2)8-6-14/h4-11H,3,12H2,1-2H3. The zero-order valence-electron chi connectivity index (χ0n) is 14.1. The number of hydrogen-bond acceptors (Lipinski definition) is 5. The maximum atomic E-state index is 12.2. The van der Waals surface area contributed by atoms with Crippen LogP contribution in [0.25, 0.3) is 11.0 Å². The summed E-state index contributed by atoms with van der Waals surface area (Å²) in [7, 11) is 1.56. The highest BCUT2D eigenvalue weighted by atomic mass is 16.5. The Balaban J connectivity index is 1.82. The van der Waals surface area contributed by atoms with Gasteiger partial charge in [0.2, 0.25) is 0 Å². The number of carbonyl (C=O) groups excluding carboxylic acids is 1. The van der Waals surface area contributed by atoms with Crippen LogP contribution in [0.4, 0.5) is 0 Å². The maximum absolute atomic E-state index is 12.2. The molecule has 0 fully saturated rings. The van der Waals surface area contributed by atoms with Gasteiger partial charge in [0.05, 0.1) is 12.7 Å². The summed E-state index contributed by atoms with van der Waals surface area (Å²) in [5.41, 5.74) is 2.15. The number of benzene rings is 2. The number of fused-ring (bicyclic) bond motifs is 1. The van der Waals surface area contributed by atoms with Crippen LogP contribution >= 0.6 is 0 Å². The first-order valence-electron chi connectivity index (χ1n) is 7.97. The van der Waals surface area contributed by atoms with E-state index in [-0.39, 0.29) is 6.61 Å². The SMILES string of the molecule is CCc1ccc2c(COC(=O)c3ccc(OC)cc3)cc(=O)oc2c1. The molecule has 2 aromatic carbocycles. The van der Waals surface area contributed by atoms with Crippen LogP contribution in [-0.4, -0.2) is 13.1 Å². The predicted molar refractivity (Wildman–Crippen MR) is 94.0 cm³/mol. The van der Waals surface area contributed by atoms with Gasteiger partial charge >= 0.3 is 11.6 Å². The van der Waals surface area contributed by atoms with Crippen LogP contribution in [0.3, 0.4) is 0 Å². The van der Waals surface area contributed by atoms with Crippen LogP contribution in [0.1, 0.15) is 28.4 Å². The molecule has 128 valence electrons. The fraction of sp³-hybridized carbons (Fsp3) is 0.200. The van der Waals surface area contributed by atoms with Crippen LogP contribution < -0.4 is 10.4 Å². The van der Waals surface area contributed by atoms with Crippen LogP contribution in [0.15, 0.2) is 57.7 Å². The second kappa shape index (κ2) is 7.21. The van der Waals surface area contributed by atoms with Crippen molar-refractivity contribution in [2.75, 3.05) is 7.11 Å². The van der Waals surface area contributed by atoms with E-state index in [1.54, 1.807) is 31.4 Å². The molecule has 0 amide bonds. The normalized spacial score (nSPS) is 10.6. The Morgan fingerprint density at radius 2 is 1.84 bits per heavy atom. The highest BCUT2D eigenvalue weighted by molar-refractivity contribution is 5.89. The number of hydrogen-bond donors (Lipinski definition) is 0. The summed E-state index contributed by atoms with van der Waals surface area (Å²) in [5, 5.41) is 0.763. The van der Waals surface area contributed by atoms with Crippen molar-refractivity contribution in [3.63, 3.8) is 0 Å². The van der Waals surface area contributed by atoms with Crippen molar-refractivity contribution in [2.45, 2.75) is 20.0 Å². The number of rotatable bonds is 5. The number of aryl methyl sites for hydroxylation is 1. The lowest BCUT2D eigenvalue weighted by molar-refractivity contribution is 0.0474. The molecule has 0 saturated heterocycles. The third-order valence-electron chi connectivity index (χ3n) is 3.99. The summed E-state index contributed by atoms with van der Waals surface area (Å²) in [6, 6.07) is 13.7. The van der Waals surface area contributed by atoms with Gasteiger partial charge in [-0.1, -0.05) is 19.1 Å². The Labute approximate surface area is 144 Å². The molecule has 0 atom stereocenters. The Morgan fingerprint density at radius 1 is 1.08 bits per heavy atom. The van der Waals surface area contributed by atoms with Gasteiger partial charge in [-0.05, 0) is 42.3 Å². The van der Waals surface area contributed by atoms with Crippen molar-refractivity contribution < 1.29 is 18.7 Å². The average molecular weight is 338 g/mol. The maximum Gasteiger partial charge on any atom is 0.338 e. The fourth-order valence-electron chi connectivity index (χ4n) is 2.57. The van der Waals surface area contributed by atoms with Crippen molar-refractivity contribution in [1.29, 1.82) is 0 Å². The van der Waals surface area contributed by atoms with Crippen molar-refractivity contribution in [1.82, 2.24) is 0 Å². The molecule has 0 aliphatic rings. The topological polar surface area (TPSA) is 65.7 Å². The van der Waals surface area contributed by atoms with E-state index in [4.69, 9.17) is 13.9 Å². The van der Waals surface area contributed by atoms with Crippen molar-refractivity contribution in [2.24, 2.45) is 0 Å². The molecule has 5 heteroatoms. The summed E-state index contributed by atoms with van der Waals surface area (Å²) < 4.78 is 15.7. The minimum absolute atomic E-state index is 0.00155. The Kier molecular flexibility index (Phi) is 4.84. The van der Waals surface area contributed by atoms with Gasteiger partial charge in [0.15, 0.2) is 0 Å². The van der Waals surface area contributed by atoms with E-state index in [0.29, 0.717) is 22.5 Å². The first-order valence-corrected chi connectivity index (χ1v) is 7.97. The number of ether oxygens (including phenoxy) is 2. The molecule has 3 rings (SSSR count). The number of esters is 1. The first-order chi connectivity index (χ1) is 12.1. The minimum atomic E-state index is -0.464. The molecular weight excluding hydrogens is 320 g/mol. The van der Waals surface area contributed by atoms with E-state index in [1.807, 2.05) is 25.1 Å². The molecule has 25 heavy (non-hydrogen) atoms. The third kappa shape index (κ3) is 3.71. The highest BCUT2D eigenvalue weighted by Crippen LogP contribution is 2.20. The Hall–Kier alpha value is -3.08. The molecule has 5 nitrogen and oxygen atoms in total. The summed E-state index contributed by atoms with van der Waals surface area (Å²) in [6.07, 6.45) is 0.844. The Bertz CT molecular complexity index is 954. The largest absolute Gasteiger partial charge is 0.497 e. The van der Waals surface area contributed by atoms with Gasteiger partial charge in [-0.25, -0.2) is 9.59 Å². The zero-order chi connectivity index (χ0) is 17.8. The van der Waals surface area contributed by atoms with E-state index in [9.17, 15) is 9.59 Å². The van der Waals surface area contributed by atoms with Gasteiger partial charge in [-0.3, -0.25) is 0 Å². The van der Waals surface area contributed by atoms with E-state index in [2.05, 4.69) is 0 Å². The number of carbonyl (C=O) groups is 1. The minimum Gasteiger partial charge on any atom is -0.497 e. The fourth-order valence-corrected chi connectivity index (χ4v) is 2.57. The first kappa shape index (κ1) is 16.8. The number of methoxy groups -OCH3 is 1. The molecule has 0 saturated carbocycles. The van der Waals surface area contributed by atoms with E-state index in [0.717, 1.165) is 17.4 Å². The summed E-state index contributed by atoms with van der Waals surface area (Å²) >= 11 is 0. The molecule has 0 radical (unpaired) electrons. The van der Waals surface area contributed by atoms with Crippen LogP contribution in [0, 0.1) is 0 Å². The molecule has 1 heterocycles. The van der Waals surface area contributed by atoms with Crippen molar-refractivity contribution >= 4 is 16.9 Å². The van der Waals surface area contributed by atoms with Crippen molar-refractivity contribution in [3.05, 3.63) is 75.6 Å². The molecule has 0 N–H and O–H groups in total. The van der Waals surface area contributed by atoms with Gasteiger partial charge in [0.25, 0.3) is 0 Å². The molecule has 3 aromatic rings. The van der Waals surface area contributed by atoms with Crippen LogP contribution in [-0.2, 0) is 17.8 Å². The lowest BCUT2D eigenvalue weighted by Gasteiger charge is -2.08. The molecule has 0 aliphatic heterocycles. The monoisotopic (exact) mass is 338 g/mol. The second-order valence-corrected chi connectivity index (χ2v) is 5.58. The van der Waals surface area contributed by atoms with Crippen LogP contribution in [0.2, 0.25) is 0 Å². The molecule has 1 aromatic heterocycles. The molecular formula is C20H18O5. The quantitative estimate of drug-likeness (QED) is 0.524. The molecule has 0 spiro atoms. The second-order valence-electron chi connectivity index (χ2n) is 5.58. The zero-order valence-corrected chi connectivity index (χ0v) is 14.1.